The number of benzene rings is 2. The van der Waals surface area contributed by atoms with Crippen molar-refractivity contribution in [2.75, 3.05) is 0 Å². The maximum atomic E-state index is 10.2. The Morgan fingerprint density at radius 2 is 0.800 bits per heavy atom. The number of rotatable bonds is 27. The van der Waals surface area contributed by atoms with Crippen LogP contribution in [0.15, 0.2) is 97.6 Å². The zero-order valence-electron chi connectivity index (χ0n) is 45.1. The van der Waals surface area contributed by atoms with Gasteiger partial charge in [-0.25, -0.2) is 0 Å². The van der Waals surface area contributed by atoms with Gasteiger partial charge in [0.05, 0.1) is 22.8 Å². The largest absolute Gasteiger partial charge is 2.00 e. The average molecular weight is 1100 g/mol. The van der Waals surface area contributed by atoms with E-state index in [4.69, 9.17) is 9.47 Å². The number of carbonyl (C=O) groups excluding carboxylic acids is 2. The number of unbranched alkanes of at least 4 members (excludes halogenated alkanes) is 12. The van der Waals surface area contributed by atoms with Crippen LogP contribution in [0.1, 0.15) is 164 Å². The Morgan fingerprint density at radius 3 is 1.15 bits per heavy atom. The van der Waals surface area contributed by atoms with Gasteiger partial charge in [-0.05, 0) is 135 Å². The molecule has 0 fully saturated rings. The first-order valence-corrected chi connectivity index (χ1v) is 27.2. The van der Waals surface area contributed by atoms with Crippen LogP contribution in [0.3, 0.4) is 0 Å². The third-order valence-corrected chi connectivity index (χ3v) is 13.2. The third-order valence-electron chi connectivity index (χ3n) is 13.2. The molecule has 12 nitrogen and oxygen atoms in total. The molecule has 0 aliphatic carbocycles. The number of fused-ring (bicyclic) bond motifs is 2. The van der Waals surface area contributed by atoms with Crippen molar-refractivity contribution < 1.29 is 38.5 Å². The average Bonchev–Trinajstić information content (AvgIpc) is 4.07. The van der Waals surface area contributed by atoms with E-state index in [0.29, 0.717) is 35.8 Å². The van der Waals surface area contributed by atoms with Crippen LogP contribution in [0, 0.1) is 13.8 Å². The first-order valence-electron chi connectivity index (χ1n) is 27.2. The summed E-state index contributed by atoms with van der Waals surface area (Å²) < 4.78 is 9.42. The number of nitrogens with zero attached hydrogens (tertiary/aromatic N) is 8. The van der Waals surface area contributed by atoms with Crippen molar-refractivity contribution in [3.8, 4) is 45.7 Å². The SMILES string of the molecule is CCCCCCc1cc(CCCCCC)c2ccnc(-c3cc(C)n[n-]3)c2c1.CCCCCCc1cc(CCCCCC)c2ccnc(-c3cc(C)n[n-]3)c2c1.O=COc1ccnc(-c2cc(OC=O)ccn2)c1.[Ru+2]. The van der Waals surface area contributed by atoms with E-state index in [0.717, 1.165) is 59.8 Å². The van der Waals surface area contributed by atoms with Crippen LogP contribution in [0.25, 0.3) is 55.7 Å². The van der Waals surface area contributed by atoms with Gasteiger partial charge in [0, 0.05) is 59.1 Å². The third kappa shape index (κ3) is 18.4. The summed E-state index contributed by atoms with van der Waals surface area (Å²) >= 11 is 0. The summed E-state index contributed by atoms with van der Waals surface area (Å²) in [5.41, 5.74) is 12.5. The van der Waals surface area contributed by atoms with E-state index in [1.807, 2.05) is 38.4 Å². The molecule has 6 heterocycles. The molecule has 0 bridgehead atoms. The first kappa shape index (κ1) is 59.4. The van der Waals surface area contributed by atoms with Gasteiger partial charge in [-0.3, -0.25) is 29.5 Å². The second kappa shape index (κ2) is 32.8. The van der Waals surface area contributed by atoms with Crippen LogP contribution in [-0.4, -0.2) is 43.1 Å². The van der Waals surface area contributed by atoms with Crippen LogP contribution in [-0.2, 0) is 54.8 Å². The van der Waals surface area contributed by atoms with Crippen molar-refractivity contribution in [2.24, 2.45) is 0 Å². The standard InChI is InChI=1S/2C25H34N3.C12H8N2O4.Ru/c2*1-4-6-8-10-12-20-17-21(13-11-9-7-5-2)22-14-15-26-25(23(22)18-20)24-16-19(3)27-28-24;15-7-17-9-1-3-13-11(5-9)12-6-10(18-8-16)2-4-14-12;/h2*14-18H,4-13H2,1-3H3;1-8H;/q2*-1;;+2. The topological polar surface area (TPSA) is 158 Å². The van der Waals surface area contributed by atoms with Crippen LogP contribution in [0.5, 0.6) is 11.5 Å². The van der Waals surface area contributed by atoms with E-state index >= 15 is 0 Å². The number of ether oxygens (including phenoxy) is 2. The molecule has 75 heavy (non-hydrogen) atoms. The molecule has 0 saturated heterocycles. The van der Waals surface area contributed by atoms with Gasteiger partial charge >= 0.3 is 19.5 Å². The summed E-state index contributed by atoms with van der Waals surface area (Å²) in [4.78, 5) is 38.0. The smallest absolute Gasteiger partial charge is 0.573 e. The molecule has 0 aliphatic heterocycles. The quantitative estimate of drug-likeness (QED) is 0.0273. The number of hydrogen-bond donors (Lipinski definition) is 0. The van der Waals surface area contributed by atoms with E-state index in [9.17, 15) is 9.59 Å². The van der Waals surface area contributed by atoms with Gasteiger partial charge in [0.1, 0.15) is 11.5 Å². The fourth-order valence-corrected chi connectivity index (χ4v) is 9.33. The van der Waals surface area contributed by atoms with Crippen molar-refractivity contribution in [3.63, 3.8) is 0 Å². The maximum Gasteiger partial charge on any atom is 2.00 e. The Kier molecular flexibility index (Phi) is 26.0. The molecular weight excluding hydrogens is 1020 g/mol. The molecule has 0 amide bonds. The van der Waals surface area contributed by atoms with Gasteiger partial charge in [0.25, 0.3) is 12.9 Å². The Morgan fingerprint density at radius 1 is 0.427 bits per heavy atom. The normalized spacial score (nSPS) is 10.8. The Bertz CT molecular complexity index is 2770. The summed E-state index contributed by atoms with van der Waals surface area (Å²) in [7, 11) is 0. The summed E-state index contributed by atoms with van der Waals surface area (Å²) in [6, 6.07) is 24.2. The van der Waals surface area contributed by atoms with Crippen molar-refractivity contribution in [3.05, 3.63) is 131 Å². The van der Waals surface area contributed by atoms with Crippen LogP contribution < -0.4 is 19.7 Å². The molecular formula is C62H76N8O4Ru. The van der Waals surface area contributed by atoms with Crippen molar-refractivity contribution in [1.29, 1.82) is 0 Å². The van der Waals surface area contributed by atoms with Gasteiger partial charge in [-0.2, -0.15) is 0 Å². The molecule has 0 atom stereocenters. The zero-order valence-corrected chi connectivity index (χ0v) is 46.8. The number of aryl methyl sites for hydroxylation is 6. The van der Waals surface area contributed by atoms with Crippen LogP contribution in [0.2, 0.25) is 0 Å². The van der Waals surface area contributed by atoms with Gasteiger partial charge in [0.2, 0.25) is 0 Å². The fraction of sp³-hybridized carbons (Fsp3) is 0.419. The number of aromatic nitrogens is 8. The molecule has 0 unspecified atom stereocenters. The first-order chi connectivity index (χ1) is 36.3. The molecule has 0 aliphatic rings. The van der Waals surface area contributed by atoms with Crippen LogP contribution in [0.4, 0.5) is 0 Å². The summed E-state index contributed by atoms with van der Waals surface area (Å²) in [5.74, 6) is 0.719. The molecule has 0 radical (unpaired) electrons. The predicted octanol–water partition coefficient (Wildman–Crippen LogP) is 14.8. The Balaban J connectivity index is 0.000000212. The molecule has 8 aromatic rings. The van der Waals surface area contributed by atoms with Crippen molar-refractivity contribution in [1.82, 2.24) is 40.3 Å². The number of hydrogen-bond acceptors (Lipinski definition) is 10. The molecule has 396 valence electrons. The van der Waals surface area contributed by atoms with Gasteiger partial charge < -0.3 is 29.9 Å². The molecule has 0 spiro atoms. The minimum Gasteiger partial charge on any atom is -0.573 e. The molecule has 13 heteroatoms. The second-order valence-electron chi connectivity index (χ2n) is 19.2. The molecule has 2 aromatic carbocycles. The fourth-order valence-electron chi connectivity index (χ4n) is 9.33. The monoisotopic (exact) mass is 1100 g/mol. The van der Waals surface area contributed by atoms with Crippen molar-refractivity contribution in [2.45, 2.75) is 170 Å². The zero-order chi connectivity index (χ0) is 52.3. The van der Waals surface area contributed by atoms with E-state index in [2.05, 4.69) is 104 Å². The van der Waals surface area contributed by atoms with E-state index in [1.165, 1.54) is 159 Å². The molecule has 0 saturated carbocycles. The van der Waals surface area contributed by atoms with Gasteiger partial charge in [0.15, 0.2) is 0 Å². The summed E-state index contributed by atoms with van der Waals surface area (Å²) in [6.45, 7) is 13.7. The predicted molar refractivity (Wildman–Crippen MR) is 298 cm³/mol. The van der Waals surface area contributed by atoms with Crippen molar-refractivity contribution >= 4 is 34.5 Å². The number of pyridine rings is 4. The van der Waals surface area contributed by atoms with E-state index < -0.39 is 0 Å². The molecule has 0 N–H and O–H groups in total. The second-order valence-corrected chi connectivity index (χ2v) is 19.2. The van der Waals surface area contributed by atoms with E-state index in [-0.39, 0.29) is 19.5 Å². The summed E-state index contributed by atoms with van der Waals surface area (Å²) in [5, 5.41) is 22.2. The number of carbonyl (C=O) groups is 2. The summed E-state index contributed by atoms with van der Waals surface area (Å²) in [6.07, 6.45) is 32.1. The maximum absolute atomic E-state index is 10.2. The Hall–Kier alpha value is -6.46. The minimum absolute atomic E-state index is 0. The van der Waals surface area contributed by atoms with Crippen LogP contribution >= 0.6 is 0 Å². The van der Waals surface area contributed by atoms with Gasteiger partial charge in [-0.15, -0.1) is 0 Å². The molecule has 6 aromatic heterocycles. The Labute approximate surface area is 457 Å². The molecule has 8 rings (SSSR count). The minimum atomic E-state index is 0. The van der Waals surface area contributed by atoms with E-state index in [1.54, 1.807) is 24.3 Å². The van der Waals surface area contributed by atoms with Gasteiger partial charge in [-0.1, -0.05) is 140 Å².